The van der Waals surface area contributed by atoms with E-state index in [4.69, 9.17) is 5.73 Å². The summed E-state index contributed by atoms with van der Waals surface area (Å²) in [6, 6.07) is 10.5. The lowest BCUT2D eigenvalue weighted by Crippen LogP contribution is -2.38. The molecule has 0 aliphatic heterocycles. The first-order chi connectivity index (χ1) is 7.66. The number of hydrogen-bond donors (Lipinski definition) is 1. The average molecular weight is 219 g/mol. The molecule has 90 valence electrons. The number of benzene rings is 1. The normalized spacial score (nSPS) is 15.1. The lowest BCUT2D eigenvalue weighted by Gasteiger charge is -2.32. The van der Waals surface area contributed by atoms with Crippen LogP contribution in [0.15, 0.2) is 30.3 Å². The van der Waals surface area contributed by atoms with E-state index < -0.39 is 0 Å². The zero-order valence-electron chi connectivity index (χ0n) is 10.9. The number of nitrogens with two attached hydrogens (primary N) is 1. The number of hydrogen-bond acceptors (Lipinski definition) is 1. The van der Waals surface area contributed by atoms with Gasteiger partial charge in [0, 0.05) is 5.54 Å². The molecule has 0 spiro atoms. The average Bonchev–Trinajstić information content (AvgIpc) is 2.36. The van der Waals surface area contributed by atoms with Crippen LogP contribution in [0.3, 0.4) is 0 Å². The monoisotopic (exact) mass is 219 g/mol. The molecule has 0 bridgehead atoms. The van der Waals surface area contributed by atoms with Crippen molar-refractivity contribution in [1.82, 2.24) is 0 Å². The van der Waals surface area contributed by atoms with E-state index in [0.29, 0.717) is 0 Å². The second-order valence-corrected chi connectivity index (χ2v) is 4.76. The van der Waals surface area contributed by atoms with Gasteiger partial charge in [0.2, 0.25) is 0 Å². The molecule has 0 aromatic heterocycles. The van der Waals surface area contributed by atoms with Crippen LogP contribution < -0.4 is 5.73 Å². The molecule has 1 aromatic carbocycles. The Morgan fingerprint density at radius 3 is 2.06 bits per heavy atom. The maximum atomic E-state index is 6.57. The molecule has 1 nitrogen and oxygen atoms in total. The van der Waals surface area contributed by atoms with Gasteiger partial charge in [-0.25, -0.2) is 0 Å². The molecule has 0 heterocycles. The van der Waals surface area contributed by atoms with Crippen LogP contribution in [0.5, 0.6) is 0 Å². The Kier molecular flexibility index (Phi) is 5.01. The summed E-state index contributed by atoms with van der Waals surface area (Å²) in [5.74, 6) is 0.741. The smallest absolute Gasteiger partial charge is 0.0409 e. The van der Waals surface area contributed by atoms with E-state index in [0.717, 1.165) is 18.8 Å². The third-order valence-corrected chi connectivity index (χ3v) is 3.79. The largest absolute Gasteiger partial charge is 0.321 e. The predicted octanol–water partition coefficient (Wildman–Crippen LogP) is 4.08. The van der Waals surface area contributed by atoms with Crippen molar-refractivity contribution in [2.45, 2.75) is 52.0 Å². The van der Waals surface area contributed by atoms with Crippen LogP contribution in [-0.4, -0.2) is 0 Å². The maximum Gasteiger partial charge on any atom is 0.0409 e. The molecule has 0 amide bonds. The molecule has 1 unspecified atom stereocenters. The minimum absolute atomic E-state index is 0.141. The minimum Gasteiger partial charge on any atom is -0.321 e. The highest BCUT2D eigenvalue weighted by Gasteiger charge is 2.27. The molecule has 0 saturated heterocycles. The topological polar surface area (TPSA) is 26.0 Å². The second kappa shape index (κ2) is 6.05. The van der Waals surface area contributed by atoms with Crippen molar-refractivity contribution in [3.8, 4) is 0 Å². The third-order valence-electron chi connectivity index (χ3n) is 3.79. The zero-order chi connectivity index (χ0) is 12.0. The van der Waals surface area contributed by atoms with Crippen molar-refractivity contribution in [3.63, 3.8) is 0 Å². The second-order valence-electron chi connectivity index (χ2n) is 4.76. The summed E-state index contributed by atoms with van der Waals surface area (Å²) in [7, 11) is 0. The Hall–Kier alpha value is -0.820. The summed E-state index contributed by atoms with van der Waals surface area (Å²) in [5.41, 5.74) is 7.71. The van der Waals surface area contributed by atoms with Gasteiger partial charge >= 0.3 is 0 Å². The quantitative estimate of drug-likeness (QED) is 0.766. The first-order valence-corrected chi connectivity index (χ1v) is 6.50. The molecule has 1 heteroatoms. The van der Waals surface area contributed by atoms with Crippen LogP contribution in [0.25, 0.3) is 0 Å². The standard InChI is InChI=1S/C15H25N/c1-4-13(5-2)12-15(16,6-3)14-10-8-7-9-11-14/h7-11,13H,4-6,12,16H2,1-3H3. The molecule has 0 aliphatic rings. The Morgan fingerprint density at radius 1 is 1.06 bits per heavy atom. The molecule has 2 N–H and O–H groups in total. The molecule has 0 saturated carbocycles. The number of rotatable bonds is 6. The van der Waals surface area contributed by atoms with Gasteiger partial charge in [-0.15, -0.1) is 0 Å². The summed E-state index contributed by atoms with van der Waals surface area (Å²) < 4.78 is 0. The molecule has 1 atom stereocenters. The van der Waals surface area contributed by atoms with Crippen molar-refractivity contribution in [2.24, 2.45) is 11.7 Å². The SMILES string of the molecule is CCC(CC)CC(N)(CC)c1ccccc1. The Bertz CT molecular complexity index is 290. The van der Waals surface area contributed by atoms with Gasteiger partial charge in [0.25, 0.3) is 0 Å². The van der Waals surface area contributed by atoms with Crippen molar-refractivity contribution >= 4 is 0 Å². The van der Waals surface area contributed by atoms with E-state index in [-0.39, 0.29) is 5.54 Å². The predicted molar refractivity (Wildman–Crippen MR) is 71.3 cm³/mol. The highest BCUT2D eigenvalue weighted by atomic mass is 14.7. The fraction of sp³-hybridized carbons (Fsp3) is 0.600. The van der Waals surface area contributed by atoms with E-state index in [1.807, 2.05) is 0 Å². The molecule has 0 radical (unpaired) electrons. The molecule has 1 rings (SSSR count). The summed E-state index contributed by atoms with van der Waals surface area (Å²) in [5, 5.41) is 0. The molecular formula is C15H25N. The Balaban J connectivity index is 2.85. The fourth-order valence-electron chi connectivity index (χ4n) is 2.33. The van der Waals surface area contributed by atoms with Crippen LogP contribution in [0.4, 0.5) is 0 Å². The van der Waals surface area contributed by atoms with Crippen LogP contribution in [-0.2, 0) is 5.54 Å². The summed E-state index contributed by atoms with van der Waals surface area (Å²) in [4.78, 5) is 0. The minimum atomic E-state index is -0.141. The van der Waals surface area contributed by atoms with Crippen molar-refractivity contribution in [3.05, 3.63) is 35.9 Å². The van der Waals surface area contributed by atoms with E-state index in [1.54, 1.807) is 0 Å². The van der Waals surface area contributed by atoms with Crippen LogP contribution >= 0.6 is 0 Å². The lowest BCUT2D eigenvalue weighted by molar-refractivity contribution is 0.299. The van der Waals surface area contributed by atoms with Gasteiger partial charge in [-0.3, -0.25) is 0 Å². The van der Waals surface area contributed by atoms with E-state index >= 15 is 0 Å². The van der Waals surface area contributed by atoms with Gasteiger partial charge < -0.3 is 5.73 Å². The van der Waals surface area contributed by atoms with Gasteiger partial charge in [0.05, 0.1) is 0 Å². The van der Waals surface area contributed by atoms with Gasteiger partial charge in [0.1, 0.15) is 0 Å². The van der Waals surface area contributed by atoms with E-state index in [2.05, 4.69) is 51.1 Å². The molecule has 0 fully saturated rings. The van der Waals surface area contributed by atoms with Crippen molar-refractivity contribution in [2.75, 3.05) is 0 Å². The summed E-state index contributed by atoms with van der Waals surface area (Å²) in [6.07, 6.45) is 4.55. The van der Waals surface area contributed by atoms with Crippen LogP contribution in [0.2, 0.25) is 0 Å². The first-order valence-electron chi connectivity index (χ1n) is 6.50. The van der Waals surface area contributed by atoms with Gasteiger partial charge in [-0.1, -0.05) is 63.9 Å². The molecule has 1 aromatic rings. The first kappa shape index (κ1) is 13.2. The zero-order valence-corrected chi connectivity index (χ0v) is 10.9. The highest BCUT2D eigenvalue weighted by molar-refractivity contribution is 5.23. The van der Waals surface area contributed by atoms with Crippen molar-refractivity contribution < 1.29 is 0 Å². The van der Waals surface area contributed by atoms with Crippen LogP contribution in [0.1, 0.15) is 52.0 Å². The Morgan fingerprint density at radius 2 is 1.62 bits per heavy atom. The van der Waals surface area contributed by atoms with Gasteiger partial charge in [-0.05, 0) is 24.3 Å². The van der Waals surface area contributed by atoms with E-state index in [1.165, 1.54) is 18.4 Å². The summed E-state index contributed by atoms with van der Waals surface area (Å²) >= 11 is 0. The maximum absolute atomic E-state index is 6.57. The van der Waals surface area contributed by atoms with Crippen LogP contribution in [0, 0.1) is 5.92 Å². The fourth-order valence-corrected chi connectivity index (χ4v) is 2.33. The van der Waals surface area contributed by atoms with Gasteiger partial charge in [-0.2, -0.15) is 0 Å². The summed E-state index contributed by atoms with van der Waals surface area (Å²) in [6.45, 7) is 6.71. The third kappa shape index (κ3) is 3.08. The Labute approximate surface area is 100 Å². The van der Waals surface area contributed by atoms with Crippen molar-refractivity contribution in [1.29, 1.82) is 0 Å². The molecule has 16 heavy (non-hydrogen) atoms. The highest BCUT2D eigenvalue weighted by Crippen LogP contribution is 2.31. The van der Waals surface area contributed by atoms with Gasteiger partial charge in [0.15, 0.2) is 0 Å². The molecular weight excluding hydrogens is 194 g/mol. The van der Waals surface area contributed by atoms with E-state index in [9.17, 15) is 0 Å². The lowest BCUT2D eigenvalue weighted by atomic mass is 9.79. The molecule has 0 aliphatic carbocycles.